The summed E-state index contributed by atoms with van der Waals surface area (Å²) in [5.41, 5.74) is 8.21. The molecule has 1 heterocycles. The molecule has 0 saturated carbocycles. The van der Waals surface area contributed by atoms with Gasteiger partial charge in [-0.3, -0.25) is 9.69 Å². The van der Waals surface area contributed by atoms with E-state index in [1.165, 1.54) is 5.56 Å². The number of aryl methyl sites for hydroxylation is 1. The monoisotopic (exact) mass is 275 g/mol. The van der Waals surface area contributed by atoms with E-state index in [1.807, 2.05) is 36.1 Å². The van der Waals surface area contributed by atoms with Gasteiger partial charge in [-0.2, -0.15) is 0 Å². The van der Waals surface area contributed by atoms with Crippen LogP contribution in [0.15, 0.2) is 24.3 Å². The minimum absolute atomic E-state index is 0.0284. The Morgan fingerprint density at radius 1 is 1.20 bits per heavy atom. The summed E-state index contributed by atoms with van der Waals surface area (Å²) >= 11 is 0. The van der Waals surface area contributed by atoms with E-state index in [1.54, 1.807) is 0 Å². The Morgan fingerprint density at radius 2 is 1.70 bits per heavy atom. The molecule has 1 fully saturated rings. The van der Waals surface area contributed by atoms with Crippen LogP contribution in [0.1, 0.15) is 31.0 Å². The van der Waals surface area contributed by atoms with Crippen LogP contribution in [-0.2, 0) is 4.79 Å². The minimum atomic E-state index is -0.557. The number of carbonyl (C=O) groups excluding carboxylic acids is 1. The summed E-state index contributed by atoms with van der Waals surface area (Å²) < 4.78 is 0. The van der Waals surface area contributed by atoms with Gasteiger partial charge in [-0.25, -0.2) is 0 Å². The molecule has 2 N–H and O–H groups in total. The van der Waals surface area contributed by atoms with Crippen molar-refractivity contribution < 1.29 is 4.79 Å². The smallest absolute Gasteiger partial charge is 0.244 e. The first-order valence-corrected chi connectivity index (χ1v) is 7.23. The summed E-state index contributed by atoms with van der Waals surface area (Å²) in [6.07, 6.45) is 0. The number of rotatable bonds is 2. The average molecular weight is 275 g/mol. The van der Waals surface area contributed by atoms with Gasteiger partial charge in [0.05, 0.1) is 0 Å². The molecule has 20 heavy (non-hydrogen) atoms. The zero-order chi connectivity index (χ0) is 14.9. The molecule has 4 heteroatoms. The highest BCUT2D eigenvalue weighted by molar-refractivity contribution is 5.83. The van der Waals surface area contributed by atoms with E-state index in [2.05, 4.69) is 25.8 Å². The van der Waals surface area contributed by atoms with Crippen LogP contribution >= 0.6 is 0 Å². The van der Waals surface area contributed by atoms with Crippen LogP contribution in [0.4, 0.5) is 0 Å². The maximum atomic E-state index is 12.6. The van der Waals surface area contributed by atoms with Gasteiger partial charge in [0.15, 0.2) is 0 Å². The summed E-state index contributed by atoms with van der Waals surface area (Å²) in [5, 5.41) is 0. The second-order valence-electron chi connectivity index (χ2n) is 6.00. The van der Waals surface area contributed by atoms with E-state index in [9.17, 15) is 4.79 Å². The topological polar surface area (TPSA) is 49.6 Å². The molecule has 1 aromatic rings. The standard InChI is InChI=1S/C16H25N3O/c1-11-5-7-14(8-6-11)15(17)16(20)19-9-12(2)18(4)13(3)10-19/h5-8,12-13,15H,9-10,17H2,1-4H3. The third kappa shape index (κ3) is 3.02. The largest absolute Gasteiger partial charge is 0.338 e. The van der Waals surface area contributed by atoms with E-state index < -0.39 is 6.04 Å². The fraction of sp³-hybridized carbons (Fsp3) is 0.562. The molecule has 0 bridgehead atoms. The van der Waals surface area contributed by atoms with E-state index >= 15 is 0 Å². The Kier molecular flexibility index (Phi) is 4.45. The summed E-state index contributed by atoms with van der Waals surface area (Å²) in [4.78, 5) is 16.8. The van der Waals surface area contributed by atoms with Crippen molar-refractivity contribution in [3.63, 3.8) is 0 Å². The number of amides is 1. The highest BCUT2D eigenvalue weighted by atomic mass is 16.2. The maximum Gasteiger partial charge on any atom is 0.244 e. The predicted octanol–water partition coefficient (Wildman–Crippen LogP) is 1.55. The highest BCUT2D eigenvalue weighted by Crippen LogP contribution is 2.19. The quantitative estimate of drug-likeness (QED) is 0.891. The molecule has 1 aliphatic heterocycles. The number of benzene rings is 1. The van der Waals surface area contributed by atoms with Gasteiger partial charge in [0.2, 0.25) is 5.91 Å². The molecule has 1 aliphatic rings. The van der Waals surface area contributed by atoms with Gasteiger partial charge in [-0.15, -0.1) is 0 Å². The van der Waals surface area contributed by atoms with Crippen molar-refractivity contribution in [3.8, 4) is 0 Å². The van der Waals surface area contributed by atoms with Crippen LogP contribution in [-0.4, -0.2) is 47.9 Å². The van der Waals surface area contributed by atoms with Crippen molar-refractivity contribution in [1.82, 2.24) is 9.80 Å². The zero-order valence-corrected chi connectivity index (χ0v) is 12.8. The Labute approximate surface area is 121 Å². The molecule has 4 nitrogen and oxygen atoms in total. The van der Waals surface area contributed by atoms with E-state index in [0.717, 1.165) is 18.7 Å². The Balaban J connectivity index is 2.09. The average Bonchev–Trinajstić information content (AvgIpc) is 2.43. The highest BCUT2D eigenvalue weighted by Gasteiger charge is 2.31. The first kappa shape index (κ1) is 15.0. The van der Waals surface area contributed by atoms with Gasteiger partial charge in [0, 0.05) is 25.2 Å². The SMILES string of the molecule is Cc1ccc(C(N)C(=O)N2CC(C)N(C)C(C)C2)cc1. The molecule has 110 valence electrons. The van der Waals surface area contributed by atoms with Gasteiger partial charge in [0.25, 0.3) is 0 Å². The van der Waals surface area contributed by atoms with Crippen molar-refractivity contribution in [2.75, 3.05) is 20.1 Å². The summed E-state index contributed by atoms with van der Waals surface area (Å²) in [6.45, 7) is 7.82. The van der Waals surface area contributed by atoms with Crippen molar-refractivity contribution in [1.29, 1.82) is 0 Å². The lowest BCUT2D eigenvalue weighted by Gasteiger charge is -2.43. The molecule has 3 atom stereocenters. The molecular formula is C16H25N3O. The van der Waals surface area contributed by atoms with Gasteiger partial charge in [-0.1, -0.05) is 29.8 Å². The lowest BCUT2D eigenvalue weighted by atomic mass is 10.0. The summed E-state index contributed by atoms with van der Waals surface area (Å²) in [5.74, 6) is 0.0284. The molecule has 0 aliphatic carbocycles. The van der Waals surface area contributed by atoms with Crippen LogP contribution in [0, 0.1) is 6.92 Å². The third-order valence-electron chi connectivity index (χ3n) is 4.37. The van der Waals surface area contributed by atoms with Crippen LogP contribution in [0.5, 0.6) is 0 Å². The van der Waals surface area contributed by atoms with Gasteiger partial charge < -0.3 is 10.6 Å². The van der Waals surface area contributed by atoms with Gasteiger partial charge in [0.1, 0.15) is 6.04 Å². The van der Waals surface area contributed by atoms with Gasteiger partial charge in [-0.05, 0) is 33.4 Å². The predicted molar refractivity (Wildman–Crippen MR) is 81.4 cm³/mol. The zero-order valence-electron chi connectivity index (χ0n) is 12.8. The first-order valence-electron chi connectivity index (χ1n) is 7.23. The van der Waals surface area contributed by atoms with E-state index in [0.29, 0.717) is 12.1 Å². The number of carbonyl (C=O) groups is 1. The molecule has 0 radical (unpaired) electrons. The number of hydrogen-bond donors (Lipinski definition) is 1. The molecule has 0 spiro atoms. The van der Waals surface area contributed by atoms with Crippen LogP contribution in [0.2, 0.25) is 0 Å². The molecule has 2 rings (SSSR count). The Hall–Kier alpha value is -1.39. The van der Waals surface area contributed by atoms with Crippen molar-refractivity contribution in [2.24, 2.45) is 5.73 Å². The molecular weight excluding hydrogens is 250 g/mol. The summed E-state index contributed by atoms with van der Waals surface area (Å²) in [7, 11) is 2.11. The van der Waals surface area contributed by atoms with Gasteiger partial charge >= 0.3 is 0 Å². The molecule has 1 aromatic carbocycles. The van der Waals surface area contributed by atoms with Crippen molar-refractivity contribution in [2.45, 2.75) is 38.9 Å². The van der Waals surface area contributed by atoms with E-state index in [4.69, 9.17) is 5.73 Å². The number of likely N-dealkylation sites (N-methyl/N-ethyl adjacent to an activating group) is 1. The molecule has 0 aromatic heterocycles. The lowest BCUT2D eigenvalue weighted by Crippen LogP contribution is -2.57. The van der Waals surface area contributed by atoms with Crippen molar-refractivity contribution >= 4 is 5.91 Å². The minimum Gasteiger partial charge on any atom is -0.338 e. The first-order chi connectivity index (χ1) is 9.40. The Morgan fingerprint density at radius 3 is 2.20 bits per heavy atom. The Bertz CT molecular complexity index is 459. The molecule has 1 saturated heterocycles. The second-order valence-corrected chi connectivity index (χ2v) is 6.00. The fourth-order valence-electron chi connectivity index (χ4n) is 2.70. The lowest BCUT2D eigenvalue weighted by molar-refractivity contribution is -0.136. The molecule has 3 unspecified atom stereocenters. The van der Waals surface area contributed by atoms with Crippen molar-refractivity contribution in [3.05, 3.63) is 35.4 Å². The third-order valence-corrected chi connectivity index (χ3v) is 4.37. The number of hydrogen-bond acceptors (Lipinski definition) is 3. The van der Waals surface area contributed by atoms with Crippen LogP contribution < -0.4 is 5.73 Å². The van der Waals surface area contributed by atoms with Crippen LogP contribution in [0.3, 0.4) is 0 Å². The van der Waals surface area contributed by atoms with E-state index in [-0.39, 0.29) is 5.91 Å². The second kappa shape index (κ2) is 5.94. The normalized spacial score (nSPS) is 25.6. The molecule has 1 amide bonds. The van der Waals surface area contributed by atoms with Crippen LogP contribution in [0.25, 0.3) is 0 Å². The maximum absolute atomic E-state index is 12.6. The number of nitrogens with two attached hydrogens (primary N) is 1. The summed E-state index contributed by atoms with van der Waals surface area (Å²) in [6, 6.07) is 8.07. The number of nitrogens with zero attached hydrogens (tertiary/aromatic N) is 2. The fourth-order valence-corrected chi connectivity index (χ4v) is 2.70. The number of piperazine rings is 1.